The summed E-state index contributed by atoms with van der Waals surface area (Å²) in [7, 11) is 0. The van der Waals surface area contributed by atoms with Crippen molar-refractivity contribution < 1.29 is 4.74 Å². The summed E-state index contributed by atoms with van der Waals surface area (Å²) in [6, 6.07) is 7.62. The van der Waals surface area contributed by atoms with Crippen LogP contribution in [-0.2, 0) is 19.5 Å². The van der Waals surface area contributed by atoms with E-state index in [1.54, 1.807) is 17.1 Å². The van der Waals surface area contributed by atoms with Crippen LogP contribution in [0.3, 0.4) is 0 Å². The zero-order valence-corrected chi connectivity index (χ0v) is 17.2. The summed E-state index contributed by atoms with van der Waals surface area (Å²) in [6.07, 6.45) is 6.04. The van der Waals surface area contributed by atoms with Crippen molar-refractivity contribution >= 4 is 11.0 Å². The molecule has 4 rings (SSSR count). The first-order valence-corrected chi connectivity index (χ1v) is 10.3. The second-order valence-electron chi connectivity index (χ2n) is 7.04. The second-order valence-corrected chi connectivity index (χ2v) is 7.04. The average molecular weight is 407 g/mol. The van der Waals surface area contributed by atoms with E-state index in [1.807, 2.05) is 28.9 Å². The van der Waals surface area contributed by atoms with Crippen LogP contribution < -0.4 is 10.3 Å². The van der Waals surface area contributed by atoms with Gasteiger partial charge in [0.1, 0.15) is 17.1 Å². The number of H-pyrrole nitrogens is 1. The number of aromatic nitrogens is 7. The number of hydrogen-bond acceptors (Lipinski definition) is 6. The Kier molecular flexibility index (Phi) is 5.87. The minimum atomic E-state index is -0.253. The topological polar surface area (TPSA) is 104 Å². The van der Waals surface area contributed by atoms with Gasteiger partial charge in [-0.05, 0) is 25.0 Å². The maximum atomic E-state index is 12.9. The van der Waals surface area contributed by atoms with Crippen molar-refractivity contribution in [1.82, 2.24) is 34.7 Å². The number of aromatic amines is 1. The van der Waals surface area contributed by atoms with Crippen LogP contribution in [-0.4, -0.2) is 41.3 Å². The molecule has 0 saturated carbocycles. The molecule has 1 aromatic carbocycles. The van der Waals surface area contributed by atoms with Crippen molar-refractivity contribution in [2.24, 2.45) is 0 Å². The van der Waals surface area contributed by atoms with E-state index < -0.39 is 0 Å². The van der Waals surface area contributed by atoms with Crippen molar-refractivity contribution in [1.29, 1.82) is 0 Å². The number of fused-ring (bicyclic) bond motifs is 1. The summed E-state index contributed by atoms with van der Waals surface area (Å²) < 4.78 is 9.46. The number of hydrogen-bond donors (Lipinski definition) is 1. The summed E-state index contributed by atoms with van der Waals surface area (Å²) in [4.78, 5) is 20.6. The Labute approximate surface area is 173 Å². The molecule has 0 saturated heterocycles. The van der Waals surface area contributed by atoms with Gasteiger partial charge in [0, 0.05) is 6.20 Å². The zero-order valence-electron chi connectivity index (χ0n) is 17.2. The van der Waals surface area contributed by atoms with Gasteiger partial charge >= 0.3 is 0 Å². The minimum Gasteiger partial charge on any atom is -0.493 e. The van der Waals surface area contributed by atoms with Gasteiger partial charge in [-0.15, -0.1) is 5.10 Å². The Morgan fingerprint density at radius 2 is 1.97 bits per heavy atom. The van der Waals surface area contributed by atoms with E-state index >= 15 is 0 Å². The van der Waals surface area contributed by atoms with Crippen LogP contribution in [0.15, 0.2) is 41.5 Å². The Morgan fingerprint density at radius 3 is 2.73 bits per heavy atom. The summed E-state index contributed by atoms with van der Waals surface area (Å²) in [5, 5.41) is 12.4. The second kappa shape index (κ2) is 8.89. The maximum absolute atomic E-state index is 12.9. The molecule has 0 aliphatic rings. The van der Waals surface area contributed by atoms with Crippen molar-refractivity contribution in [3.63, 3.8) is 0 Å². The maximum Gasteiger partial charge on any atom is 0.279 e. The molecule has 9 heteroatoms. The lowest BCUT2D eigenvalue weighted by molar-refractivity contribution is 0.318. The standard InChI is InChI=1S/C21H25N7O2/c1-3-7-16-18-19(25-28(16)13-12-27-11-10-22-26-27)21(29)24-20(23-18)15-8-5-6-9-17(15)30-14-4-2/h5-6,8-11H,3-4,7,12-14H2,1-2H3,(H,23,24,29). The SMILES string of the molecule is CCCOc1ccccc1-c1nc2c(CCC)n(CCn3ccnn3)nc2c(=O)[nH]1. The predicted octanol–water partition coefficient (Wildman–Crippen LogP) is 2.82. The normalized spacial score (nSPS) is 11.3. The molecule has 1 N–H and O–H groups in total. The highest BCUT2D eigenvalue weighted by Crippen LogP contribution is 2.28. The molecule has 0 fully saturated rings. The highest BCUT2D eigenvalue weighted by Gasteiger charge is 2.18. The summed E-state index contributed by atoms with van der Waals surface area (Å²) in [6.45, 7) is 5.95. The van der Waals surface area contributed by atoms with Crippen molar-refractivity contribution in [2.45, 2.75) is 46.2 Å². The summed E-state index contributed by atoms with van der Waals surface area (Å²) >= 11 is 0. The number of nitrogens with one attached hydrogen (secondary N) is 1. The zero-order chi connectivity index (χ0) is 20.9. The van der Waals surface area contributed by atoms with Gasteiger partial charge in [-0.3, -0.25) is 14.2 Å². The predicted molar refractivity (Wildman–Crippen MR) is 113 cm³/mol. The largest absolute Gasteiger partial charge is 0.493 e. The molecular formula is C21H25N7O2. The average Bonchev–Trinajstić information content (AvgIpc) is 3.40. The summed E-state index contributed by atoms with van der Waals surface area (Å²) in [5.74, 6) is 1.20. The van der Waals surface area contributed by atoms with Crippen LogP contribution in [0, 0.1) is 0 Å². The molecular weight excluding hydrogens is 382 g/mol. The molecule has 3 heterocycles. The fourth-order valence-corrected chi connectivity index (χ4v) is 3.41. The molecule has 9 nitrogen and oxygen atoms in total. The summed E-state index contributed by atoms with van der Waals surface area (Å²) in [5.41, 5.74) is 2.46. The van der Waals surface area contributed by atoms with Crippen LogP contribution in [0.4, 0.5) is 0 Å². The first-order valence-electron chi connectivity index (χ1n) is 10.3. The van der Waals surface area contributed by atoms with Crippen LogP contribution >= 0.6 is 0 Å². The van der Waals surface area contributed by atoms with E-state index in [0.717, 1.165) is 30.5 Å². The van der Waals surface area contributed by atoms with Gasteiger partial charge in [0.15, 0.2) is 5.52 Å². The Hall–Kier alpha value is -3.49. The monoisotopic (exact) mass is 407 g/mol. The molecule has 156 valence electrons. The highest BCUT2D eigenvalue weighted by atomic mass is 16.5. The third-order valence-electron chi connectivity index (χ3n) is 4.80. The van der Waals surface area contributed by atoms with Gasteiger partial charge in [0.2, 0.25) is 0 Å². The molecule has 0 aliphatic heterocycles. The van der Waals surface area contributed by atoms with E-state index in [-0.39, 0.29) is 5.56 Å². The first kappa shape index (κ1) is 19.8. The molecule has 3 aromatic heterocycles. The number of aryl methyl sites for hydroxylation is 3. The Bertz CT molecular complexity index is 1180. The molecule has 0 spiro atoms. The fourth-order valence-electron chi connectivity index (χ4n) is 3.41. The van der Waals surface area contributed by atoms with Gasteiger partial charge in [0.05, 0.1) is 37.2 Å². The lowest BCUT2D eigenvalue weighted by Gasteiger charge is -2.10. The fraction of sp³-hybridized carbons (Fsp3) is 0.381. The quantitative estimate of drug-likeness (QED) is 0.458. The lowest BCUT2D eigenvalue weighted by atomic mass is 10.1. The number of benzene rings is 1. The van der Waals surface area contributed by atoms with E-state index in [2.05, 4.69) is 34.2 Å². The minimum absolute atomic E-state index is 0.253. The van der Waals surface area contributed by atoms with Crippen molar-refractivity contribution in [2.75, 3.05) is 6.61 Å². The smallest absolute Gasteiger partial charge is 0.279 e. The molecule has 0 bridgehead atoms. The van der Waals surface area contributed by atoms with Crippen molar-refractivity contribution in [3.8, 4) is 17.1 Å². The van der Waals surface area contributed by atoms with E-state index in [9.17, 15) is 4.79 Å². The van der Waals surface area contributed by atoms with Crippen LogP contribution in [0.5, 0.6) is 5.75 Å². The number of rotatable bonds is 9. The number of ether oxygens (including phenoxy) is 1. The molecule has 0 unspecified atom stereocenters. The van der Waals surface area contributed by atoms with E-state index in [4.69, 9.17) is 9.72 Å². The molecule has 0 atom stereocenters. The highest BCUT2D eigenvalue weighted by molar-refractivity contribution is 5.79. The molecule has 0 aliphatic carbocycles. The van der Waals surface area contributed by atoms with Crippen LogP contribution in [0.1, 0.15) is 32.4 Å². The van der Waals surface area contributed by atoms with Gasteiger partial charge in [-0.1, -0.05) is 37.6 Å². The Balaban J connectivity index is 1.77. The lowest BCUT2D eigenvalue weighted by Crippen LogP contribution is -2.12. The van der Waals surface area contributed by atoms with Gasteiger partial charge in [-0.2, -0.15) is 5.10 Å². The van der Waals surface area contributed by atoms with E-state index in [1.165, 1.54) is 0 Å². The third-order valence-corrected chi connectivity index (χ3v) is 4.80. The first-order chi connectivity index (χ1) is 14.7. The number of para-hydroxylation sites is 1. The van der Waals surface area contributed by atoms with E-state index in [0.29, 0.717) is 42.3 Å². The third kappa shape index (κ3) is 3.96. The molecule has 4 aromatic rings. The van der Waals surface area contributed by atoms with Crippen molar-refractivity contribution in [3.05, 3.63) is 52.7 Å². The molecule has 0 amide bonds. The molecule has 30 heavy (non-hydrogen) atoms. The van der Waals surface area contributed by atoms with Gasteiger partial charge < -0.3 is 9.72 Å². The van der Waals surface area contributed by atoms with Gasteiger partial charge in [-0.25, -0.2) is 4.98 Å². The number of nitrogens with zero attached hydrogens (tertiary/aromatic N) is 6. The van der Waals surface area contributed by atoms with Crippen LogP contribution in [0.2, 0.25) is 0 Å². The van der Waals surface area contributed by atoms with Gasteiger partial charge in [0.25, 0.3) is 5.56 Å². The Morgan fingerprint density at radius 1 is 1.10 bits per heavy atom. The van der Waals surface area contributed by atoms with Crippen LogP contribution in [0.25, 0.3) is 22.4 Å². The molecule has 0 radical (unpaired) electrons.